The lowest BCUT2D eigenvalue weighted by atomic mass is 10.2. The number of hydrogen-bond donors (Lipinski definition) is 1. The molecule has 1 heterocycles. The van der Waals surface area contributed by atoms with Crippen LogP contribution in [0.15, 0.2) is 28.8 Å². The van der Waals surface area contributed by atoms with Gasteiger partial charge >= 0.3 is 0 Å². The number of likely N-dealkylation sites (N-methyl/N-ethyl adjacent to an activating group) is 1. The lowest BCUT2D eigenvalue weighted by Gasteiger charge is -2.02. The molecule has 0 fully saturated rings. The molecule has 0 saturated heterocycles. The number of carbonyl (C=O) groups excluding carboxylic acids is 1. The molecule has 0 unspecified atom stereocenters. The van der Waals surface area contributed by atoms with Gasteiger partial charge in [-0.15, -0.1) is 0 Å². The van der Waals surface area contributed by atoms with Crippen LogP contribution in [0.2, 0.25) is 0 Å². The maximum atomic E-state index is 11.1. The zero-order chi connectivity index (χ0) is 13.7. The van der Waals surface area contributed by atoms with Crippen LogP contribution < -0.4 is 10.1 Å². The first-order valence-corrected chi connectivity index (χ1v) is 5.89. The van der Waals surface area contributed by atoms with E-state index in [0.29, 0.717) is 11.7 Å². The van der Waals surface area contributed by atoms with E-state index in [2.05, 4.69) is 15.5 Å². The van der Waals surface area contributed by atoms with Crippen molar-refractivity contribution < 1.29 is 14.1 Å². The van der Waals surface area contributed by atoms with Crippen molar-refractivity contribution in [3.8, 4) is 5.75 Å². The molecule has 0 bridgehead atoms. The van der Waals surface area contributed by atoms with Crippen LogP contribution in [0.5, 0.6) is 5.75 Å². The van der Waals surface area contributed by atoms with Gasteiger partial charge in [-0.25, -0.2) is 0 Å². The highest BCUT2D eigenvalue weighted by molar-refractivity contribution is 5.77. The number of aromatic nitrogens is 2. The standard InChI is InChI=1S/C13H15N3O3/c1-9-3-5-10(6-4-9)18-8-13-15-11(16-19-13)7-12(17)14-2/h3-6H,7-8H2,1-2H3,(H,14,17). The summed E-state index contributed by atoms with van der Waals surface area (Å²) in [4.78, 5) is 15.2. The summed E-state index contributed by atoms with van der Waals surface area (Å²) < 4.78 is 10.5. The lowest BCUT2D eigenvalue weighted by molar-refractivity contribution is -0.120. The fourth-order valence-electron chi connectivity index (χ4n) is 1.43. The molecule has 0 atom stereocenters. The molecule has 0 aliphatic heterocycles. The number of carbonyl (C=O) groups is 1. The van der Waals surface area contributed by atoms with E-state index in [4.69, 9.17) is 9.26 Å². The number of hydrogen-bond acceptors (Lipinski definition) is 5. The Kier molecular flexibility index (Phi) is 4.12. The summed E-state index contributed by atoms with van der Waals surface area (Å²) in [6.45, 7) is 2.19. The van der Waals surface area contributed by atoms with Gasteiger partial charge in [0, 0.05) is 7.05 Å². The Labute approximate surface area is 110 Å². The lowest BCUT2D eigenvalue weighted by Crippen LogP contribution is -2.20. The molecule has 0 saturated carbocycles. The largest absolute Gasteiger partial charge is 0.484 e. The Balaban J connectivity index is 1.89. The van der Waals surface area contributed by atoms with Crippen molar-refractivity contribution >= 4 is 5.91 Å². The van der Waals surface area contributed by atoms with E-state index in [1.54, 1.807) is 7.05 Å². The van der Waals surface area contributed by atoms with Crippen molar-refractivity contribution in [2.24, 2.45) is 0 Å². The minimum atomic E-state index is -0.160. The first-order chi connectivity index (χ1) is 9.17. The number of ether oxygens (including phenoxy) is 1. The molecular formula is C13H15N3O3. The minimum absolute atomic E-state index is 0.102. The van der Waals surface area contributed by atoms with E-state index in [9.17, 15) is 4.79 Å². The molecule has 6 nitrogen and oxygen atoms in total. The third-order valence-corrected chi connectivity index (χ3v) is 2.49. The zero-order valence-electron chi connectivity index (χ0n) is 10.8. The van der Waals surface area contributed by atoms with Gasteiger partial charge in [-0.2, -0.15) is 4.98 Å². The second kappa shape index (κ2) is 5.99. The summed E-state index contributed by atoms with van der Waals surface area (Å²) in [5.74, 6) is 1.27. The SMILES string of the molecule is CNC(=O)Cc1noc(COc2ccc(C)cc2)n1. The summed E-state index contributed by atoms with van der Waals surface area (Å²) in [6.07, 6.45) is 0.102. The second-order valence-corrected chi connectivity index (χ2v) is 4.06. The van der Waals surface area contributed by atoms with Crippen molar-refractivity contribution in [1.29, 1.82) is 0 Å². The Morgan fingerprint density at radius 1 is 1.37 bits per heavy atom. The molecule has 6 heteroatoms. The fraction of sp³-hybridized carbons (Fsp3) is 0.308. The zero-order valence-corrected chi connectivity index (χ0v) is 10.8. The highest BCUT2D eigenvalue weighted by atomic mass is 16.5. The van der Waals surface area contributed by atoms with Crippen LogP contribution >= 0.6 is 0 Å². The molecule has 2 rings (SSSR count). The third kappa shape index (κ3) is 3.80. The maximum absolute atomic E-state index is 11.1. The van der Waals surface area contributed by atoms with Gasteiger partial charge in [0.05, 0.1) is 6.42 Å². The average Bonchev–Trinajstić information content (AvgIpc) is 2.85. The summed E-state index contributed by atoms with van der Waals surface area (Å²) in [5, 5.41) is 6.20. The van der Waals surface area contributed by atoms with Gasteiger partial charge < -0.3 is 14.6 Å². The minimum Gasteiger partial charge on any atom is -0.484 e. The molecule has 2 aromatic rings. The van der Waals surface area contributed by atoms with Crippen LogP contribution in [0.3, 0.4) is 0 Å². The second-order valence-electron chi connectivity index (χ2n) is 4.06. The number of benzene rings is 1. The summed E-state index contributed by atoms with van der Waals surface area (Å²) in [5.41, 5.74) is 1.16. The molecule has 0 aliphatic rings. The first kappa shape index (κ1) is 13.1. The molecule has 1 amide bonds. The van der Waals surface area contributed by atoms with Crippen molar-refractivity contribution in [1.82, 2.24) is 15.5 Å². The van der Waals surface area contributed by atoms with E-state index in [1.165, 1.54) is 0 Å². The van der Waals surface area contributed by atoms with Gasteiger partial charge in [0.2, 0.25) is 5.91 Å². The molecule has 1 aromatic carbocycles. The normalized spacial score (nSPS) is 10.2. The van der Waals surface area contributed by atoms with Gasteiger partial charge in [-0.1, -0.05) is 22.9 Å². The third-order valence-electron chi connectivity index (χ3n) is 2.49. The average molecular weight is 261 g/mol. The van der Waals surface area contributed by atoms with E-state index >= 15 is 0 Å². The number of amides is 1. The van der Waals surface area contributed by atoms with E-state index < -0.39 is 0 Å². The highest BCUT2D eigenvalue weighted by Crippen LogP contribution is 2.13. The van der Waals surface area contributed by atoms with Gasteiger partial charge in [-0.3, -0.25) is 4.79 Å². The summed E-state index contributed by atoms with van der Waals surface area (Å²) >= 11 is 0. The van der Waals surface area contributed by atoms with Crippen molar-refractivity contribution in [3.05, 3.63) is 41.5 Å². The van der Waals surface area contributed by atoms with Crippen LogP contribution in [0.4, 0.5) is 0 Å². The monoisotopic (exact) mass is 261 g/mol. The number of nitrogens with one attached hydrogen (secondary N) is 1. The molecule has 19 heavy (non-hydrogen) atoms. The van der Waals surface area contributed by atoms with Crippen molar-refractivity contribution in [2.75, 3.05) is 7.05 Å². The molecule has 0 aliphatic carbocycles. The Bertz CT molecular complexity index is 549. The molecule has 0 radical (unpaired) electrons. The molecule has 1 aromatic heterocycles. The van der Waals surface area contributed by atoms with E-state index in [-0.39, 0.29) is 18.9 Å². The first-order valence-electron chi connectivity index (χ1n) is 5.89. The van der Waals surface area contributed by atoms with Crippen LogP contribution in [0.1, 0.15) is 17.3 Å². The quantitative estimate of drug-likeness (QED) is 0.876. The van der Waals surface area contributed by atoms with Gasteiger partial charge in [0.1, 0.15) is 5.75 Å². The van der Waals surface area contributed by atoms with E-state index in [0.717, 1.165) is 11.3 Å². The van der Waals surface area contributed by atoms with Gasteiger partial charge in [0.25, 0.3) is 5.89 Å². The molecule has 1 N–H and O–H groups in total. The van der Waals surface area contributed by atoms with Crippen molar-refractivity contribution in [3.63, 3.8) is 0 Å². The number of rotatable bonds is 5. The van der Waals surface area contributed by atoms with Crippen molar-refractivity contribution in [2.45, 2.75) is 20.0 Å². The van der Waals surface area contributed by atoms with Crippen LogP contribution in [0, 0.1) is 6.92 Å². The molecule has 0 spiro atoms. The van der Waals surface area contributed by atoms with E-state index in [1.807, 2.05) is 31.2 Å². The highest BCUT2D eigenvalue weighted by Gasteiger charge is 2.10. The Hall–Kier alpha value is -2.37. The molecule has 100 valence electrons. The predicted molar refractivity (Wildman–Crippen MR) is 67.6 cm³/mol. The van der Waals surface area contributed by atoms with Crippen LogP contribution in [-0.2, 0) is 17.8 Å². The van der Waals surface area contributed by atoms with Gasteiger partial charge in [-0.05, 0) is 19.1 Å². The summed E-state index contributed by atoms with van der Waals surface area (Å²) in [6, 6.07) is 7.66. The maximum Gasteiger partial charge on any atom is 0.264 e. The number of aryl methyl sites for hydroxylation is 1. The Morgan fingerprint density at radius 2 is 2.11 bits per heavy atom. The van der Waals surface area contributed by atoms with Crippen LogP contribution in [-0.4, -0.2) is 23.1 Å². The Morgan fingerprint density at radius 3 is 2.79 bits per heavy atom. The molecular weight excluding hydrogens is 246 g/mol. The summed E-state index contributed by atoms with van der Waals surface area (Å²) in [7, 11) is 1.56. The smallest absolute Gasteiger partial charge is 0.264 e. The van der Waals surface area contributed by atoms with Crippen LogP contribution in [0.25, 0.3) is 0 Å². The van der Waals surface area contributed by atoms with Gasteiger partial charge in [0.15, 0.2) is 12.4 Å². The predicted octanol–water partition coefficient (Wildman–Crippen LogP) is 1.25. The fourth-order valence-corrected chi connectivity index (χ4v) is 1.43. The topological polar surface area (TPSA) is 77.2 Å². The number of nitrogens with zero attached hydrogens (tertiary/aromatic N) is 2.